The van der Waals surface area contributed by atoms with Crippen LogP contribution in [0.5, 0.6) is 11.5 Å². The van der Waals surface area contributed by atoms with Crippen molar-refractivity contribution >= 4 is 56.5 Å². The first-order chi connectivity index (χ1) is 19.4. The summed E-state index contributed by atoms with van der Waals surface area (Å²) < 4.78 is 21.2. The minimum Gasteiger partial charge on any atom is -0.454 e. The first kappa shape index (κ1) is 25.5. The molecule has 6 rings (SSSR count). The van der Waals surface area contributed by atoms with Crippen LogP contribution in [0.3, 0.4) is 0 Å². The van der Waals surface area contributed by atoms with Crippen molar-refractivity contribution in [3.05, 3.63) is 83.6 Å². The van der Waals surface area contributed by atoms with Crippen molar-refractivity contribution < 1.29 is 23.5 Å². The summed E-state index contributed by atoms with van der Waals surface area (Å²) in [4.78, 5) is 47.0. The van der Waals surface area contributed by atoms with Crippen LogP contribution < -0.4 is 20.3 Å². The van der Waals surface area contributed by atoms with Crippen molar-refractivity contribution in [3.8, 4) is 11.5 Å². The molecule has 1 atom stereocenters. The lowest BCUT2D eigenvalue weighted by Gasteiger charge is -2.30. The van der Waals surface area contributed by atoms with Gasteiger partial charge in [-0.2, -0.15) is 0 Å². The van der Waals surface area contributed by atoms with Crippen molar-refractivity contribution in [1.82, 2.24) is 15.2 Å². The largest absolute Gasteiger partial charge is 0.454 e. The number of rotatable bonds is 6. The summed E-state index contributed by atoms with van der Waals surface area (Å²) in [7, 11) is 0. The summed E-state index contributed by atoms with van der Waals surface area (Å²) in [5.41, 5.74) is 1.41. The fourth-order valence-corrected chi connectivity index (χ4v) is 6.05. The molecule has 4 amide bonds. The fourth-order valence-electron chi connectivity index (χ4n) is 5.03. The van der Waals surface area contributed by atoms with Gasteiger partial charge in [-0.3, -0.25) is 14.5 Å². The third-order valence-electron chi connectivity index (χ3n) is 7.00. The molecule has 4 heterocycles. The van der Waals surface area contributed by atoms with Crippen LogP contribution in [0.2, 0.25) is 0 Å². The summed E-state index contributed by atoms with van der Waals surface area (Å²) in [6.07, 6.45) is 3.43. The Morgan fingerprint density at radius 3 is 2.77 bits per heavy atom. The second-order valence-electron chi connectivity index (χ2n) is 9.47. The molecule has 2 aliphatic heterocycles. The number of ether oxygens (including phenoxy) is 1. The van der Waals surface area contributed by atoms with Crippen LogP contribution in [0, 0.1) is 12.7 Å². The number of hydrogen-bond acceptors (Lipinski definition) is 6. The molecule has 0 bridgehead atoms. The quantitative estimate of drug-likeness (QED) is 0.295. The van der Waals surface area contributed by atoms with E-state index in [0.29, 0.717) is 57.4 Å². The standard InChI is InChI=1S/C29H24FN5O4S/c1-3-22(36)34-14-12-17(15-34)32-27(37)26-25-23-20(11-13-31-28(23)40-26)35(29(38)33-25)19-9-10-21(24(30)16(19)2)39-18-7-5-4-6-8-18/h3-11,13,17H,1,12,14-15H2,2H3,(H,32,37)(H,33,38). The van der Waals surface area contributed by atoms with E-state index in [1.54, 1.807) is 54.4 Å². The molecule has 0 spiro atoms. The maximum Gasteiger partial charge on any atom is 0.331 e. The lowest BCUT2D eigenvalue weighted by Crippen LogP contribution is -2.39. The van der Waals surface area contributed by atoms with Crippen molar-refractivity contribution in [2.45, 2.75) is 19.4 Å². The third kappa shape index (κ3) is 4.34. The Morgan fingerprint density at radius 2 is 2.00 bits per heavy atom. The second-order valence-corrected chi connectivity index (χ2v) is 10.5. The van der Waals surface area contributed by atoms with Crippen molar-refractivity contribution in [2.24, 2.45) is 0 Å². The van der Waals surface area contributed by atoms with Crippen LogP contribution >= 0.6 is 11.3 Å². The van der Waals surface area contributed by atoms with Gasteiger partial charge in [0.25, 0.3) is 5.91 Å². The number of carbonyl (C=O) groups excluding carboxylic acids is 3. The number of pyridine rings is 1. The average Bonchev–Trinajstić information content (AvgIpc) is 3.58. The number of para-hydroxylation sites is 1. The van der Waals surface area contributed by atoms with E-state index >= 15 is 4.39 Å². The number of likely N-dealkylation sites (tertiary alicyclic amines) is 1. The van der Waals surface area contributed by atoms with E-state index < -0.39 is 11.8 Å². The predicted octanol–water partition coefficient (Wildman–Crippen LogP) is 5.74. The lowest BCUT2D eigenvalue weighted by atomic mass is 10.1. The molecular weight excluding hydrogens is 533 g/mol. The van der Waals surface area contributed by atoms with Crippen LogP contribution in [-0.2, 0) is 4.79 Å². The molecule has 0 aliphatic carbocycles. The maximum absolute atomic E-state index is 15.4. The molecule has 1 fully saturated rings. The lowest BCUT2D eigenvalue weighted by molar-refractivity contribution is -0.125. The van der Waals surface area contributed by atoms with Crippen molar-refractivity contribution in [2.75, 3.05) is 23.3 Å². The molecule has 40 heavy (non-hydrogen) atoms. The molecule has 9 nitrogen and oxygen atoms in total. The molecule has 0 radical (unpaired) electrons. The smallest absolute Gasteiger partial charge is 0.331 e. The zero-order valence-electron chi connectivity index (χ0n) is 21.4. The minimum atomic E-state index is -0.587. The van der Waals surface area contributed by atoms with E-state index in [1.165, 1.54) is 17.0 Å². The molecule has 1 saturated heterocycles. The topological polar surface area (TPSA) is 104 Å². The van der Waals surface area contributed by atoms with Crippen LogP contribution in [-0.4, -0.2) is 46.9 Å². The highest BCUT2D eigenvalue weighted by Crippen LogP contribution is 2.47. The minimum absolute atomic E-state index is 0.0418. The van der Waals surface area contributed by atoms with Gasteiger partial charge in [0, 0.05) is 30.9 Å². The molecule has 202 valence electrons. The van der Waals surface area contributed by atoms with Gasteiger partial charge >= 0.3 is 6.03 Å². The van der Waals surface area contributed by atoms with Crippen LogP contribution in [0.1, 0.15) is 21.7 Å². The molecule has 2 aromatic carbocycles. The number of nitrogens with one attached hydrogen (secondary N) is 2. The number of thiophene rings is 1. The normalized spacial score (nSPS) is 16.1. The Balaban J connectivity index is 1.32. The van der Waals surface area contributed by atoms with Gasteiger partial charge in [-0.15, -0.1) is 11.3 Å². The highest BCUT2D eigenvalue weighted by atomic mass is 32.1. The zero-order valence-corrected chi connectivity index (χ0v) is 22.3. The van der Waals surface area contributed by atoms with Gasteiger partial charge in [-0.05, 0) is 49.8 Å². The number of anilines is 3. The molecule has 2 aromatic heterocycles. The van der Waals surface area contributed by atoms with Crippen molar-refractivity contribution in [3.63, 3.8) is 0 Å². The number of amides is 4. The monoisotopic (exact) mass is 557 g/mol. The van der Waals surface area contributed by atoms with E-state index in [4.69, 9.17) is 4.74 Å². The number of halogens is 1. The van der Waals surface area contributed by atoms with Crippen LogP contribution in [0.15, 0.2) is 67.4 Å². The zero-order chi connectivity index (χ0) is 28.0. The number of hydrogen-bond donors (Lipinski definition) is 2. The Morgan fingerprint density at radius 1 is 1.20 bits per heavy atom. The summed E-state index contributed by atoms with van der Waals surface area (Å²) in [5, 5.41) is 6.39. The van der Waals surface area contributed by atoms with Crippen LogP contribution in [0.4, 0.5) is 26.2 Å². The van der Waals surface area contributed by atoms with Crippen molar-refractivity contribution in [1.29, 1.82) is 0 Å². The van der Waals surface area contributed by atoms with Gasteiger partial charge in [0.15, 0.2) is 11.6 Å². The van der Waals surface area contributed by atoms with Gasteiger partial charge in [-0.25, -0.2) is 14.2 Å². The molecule has 1 unspecified atom stereocenters. The number of urea groups is 1. The third-order valence-corrected chi connectivity index (χ3v) is 8.09. The van der Waals surface area contributed by atoms with E-state index in [-0.39, 0.29) is 29.2 Å². The SMILES string of the molecule is C=CC(=O)N1CCC(NC(=O)c2sc3nccc4c3c2NC(=O)N4c2ccc(Oc3ccccc3)c(F)c2C)C1. The Bertz CT molecular complexity index is 1690. The number of aromatic nitrogens is 1. The molecule has 4 aromatic rings. The summed E-state index contributed by atoms with van der Waals surface area (Å²) in [6, 6.07) is 12.9. The number of nitrogens with zero attached hydrogens (tertiary/aromatic N) is 3. The van der Waals surface area contributed by atoms with E-state index in [1.807, 2.05) is 6.07 Å². The Hall–Kier alpha value is -4.77. The molecule has 0 saturated carbocycles. The van der Waals surface area contributed by atoms with Gasteiger partial charge in [0.1, 0.15) is 15.5 Å². The number of carbonyl (C=O) groups is 3. The van der Waals surface area contributed by atoms with Gasteiger partial charge in [-0.1, -0.05) is 24.8 Å². The molecular formula is C29H24FN5O4S. The maximum atomic E-state index is 15.4. The summed E-state index contributed by atoms with van der Waals surface area (Å²) >= 11 is 1.16. The van der Waals surface area contributed by atoms with Gasteiger partial charge < -0.3 is 20.3 Å². The Labute approximate surface area is 232 Å². The fraction of sp³-hybridized carbons (Fsp3) is 0.172. The van der Waals surface area contributed by atoms with Crippen LogP contribution in [0.25, 0.3) is 10.2 Å². The predicted molar refractivity (Wildman–Crippen MR) is 151 cm³/mol. The van der Waals surface area contributed by atoms with E-state index in [2.05, 4.69) is 22.2 Å². The second kappa shape index (κ2) is 10.1. The summed E-state index contributed by atoms with van der Waals surface area (Å²) in [6.45, 7) is 6.00. The first-order valence-electron chi connectivity index (χ1n) is 12.6. The number of benzene rings is 2. The van der Waals surface area contributed by atoms with E-state index in [9.17, 15) is 14.4 Å². The molecule has 11 heteroatoms. The average molecular weight is 558 g/mol. The highest BCUT2D eigenvalue weighted by Gasteiger charge is 2.35. The highest BCUT2D eigenvalue weighted by molar-refractivity contribution is 7.21. The molecule has 2 aliphatic rings. The first-order valence-corrected chi connectivity index (χ1v) is 13.4. The van der Waals surface area contributed by atoms with E-state index in [0.717, 1.165) is 11.3 Å². The molecule has 2 N–H and O–H groups in total. The van der Waals surface area contributed by atoms with Gasteiger partial charge in [0.2, 0.25) is 5.91 Å². The Kier molecular flexibility index (Phi) is 6.43. The summed E-state index contributed by atoms with van der Waals surface area (Å²) in [5.74, 6) is -0.593. The van der Waals surface area contributed by atoms with Gasteiger partial charge in [0.05, 0.1) is 22.4 Å².